The second-order valence-corrected chi connectivity index (χ2v) is 4.53. The van der Waals surface area contributed by atoms with Crippen molar-refractivity contribution in [3.05, 3.63) is 29.8 Å². The number of hydrogen-bond acceptors (Lipinski definition) is 4. The van der Waals surface area contributed by atoms with Gasteiger partial charge in [-0.15, -0.1) is 0 Å². The van der Waals surface area contributed by atoms with E-state index in [0.717, 1.165) is 30.9 Å². The van der Waals surface area contributed by atoms with E-state index in [9.17, 15) is 0 Å². The molecule has 0 amide bonds. The smallest absolute Gasteiger partial charge is 0.119 e. The molecule has 1 rings (SSSR count). The number of hydrogen-bond donors (Lipinski definition) is 1. The van der Waals surface area contributed by atoms with Crippen molar-refractivity contribution in [3.63, 3.8) is 0 Å². The average molecular weight is 264 g/mol. The summed E-state index contributed by atoms with van der Waals surface area (Å²) in [6, 6.07) is 7.92. The normalized spacial score (nSPS) is 11.9. The largest absolute Gasteiger partial charge is 0.492 e. The first-order valence-corrected chi connectivity index (χ1v) is 6.81. The SMILES string of the molecule is CCN(CC)CCOc1ccc(C/C(C)=N/O)cc1. The molecule has 0 aliphatic carbocycles. The van der Waals surface area contributed by atoms with Gasteiger partial charge in [0, 0.05) is 13.0 Å². The summed E-state index contributed by atoms with van der Waals surface area (Å²) >= 11 is 0. The van der Waals surface area contributed by atoms with Gasteiger partial charge in [0.1, 0.15) is 12.4 Å². The fraction of sp³-hybridized carbons (Fsp3) is 0.533. The molecule has 0 saturated carbocycles. The Morgan fingerprint density at radius 2 is 1.84 bits per heavy atom. The molecular weight excluding hydrogens is 240 g/mol. The molecule has 0 unspecified atom stereocenters. The predicted octanol–water partition coefficient (Wildman–Crippen LogP) is 2.80. The summed E-state index contributed by atoms with van der Waals surface area (Å²) in [5, 5.41) is 11.8. The first kappa shape index (κ1) is 15.5. The molecule has 4 nitrogen and oxygen atoms in total. The van der Waals surface area contributed by atoms with Crippen molar-refractivity contribution in [1.29, 1.82) is 0 Å². The van der Waals surface area contributed by atoms with E-state index in [0.29, 0.717) is 18.7 Å². The lowest BCUT2D eigenvalue weighted by Gasteiger charge is -2.18. The van der Waals surface area contributed by atoms with Crippen molar-refractivity contribution in [1.82, 2.24) is 4.90 Å². The van der Waals surface area contributed by atoms with Crippen LogP contribution >= 0.6 is 0 Å². The van der Waals surface area contributed by atoms with Gasteiger partial charge in [-0.3, -0.25) is 0 Å². The topological polar surface area (TPSA) is 45.1 Å². The Morgan fingerprint density at radius 3 is 2.37 bits per heavy atom. The number of nitrogens with zero attached hydrogens (tertiary/aromatic N) is 2. The van der Waals surface area contributed by atoms with Gasteiger partial charge in [0.05, 0.1) is 5.71 Å². The number of ether oxygens (including phenoxy) is 1. The van der Waals surface area contributed by atoms with Crippen molar-refractivity contribution < 1.29 is 9.94 Å². The molecule has 4 heteroatoms. The van der Waals surface area contributed by atoms with Crippen LogP contribution in [0.1, 0.15) is 26.3 Å². The lowest BCUT2D eigenvalue weighted by atomic mass is 10.1. The fourth-order valence-corrected chi connectivity index (χ4v) is 1.87. The van der Waals surface area contributed by atoms with Crippen LogP contribution in [0, 0.1) is 0 Å². The van der Waals surface area contributed by atoms with Crippen molar-refractivity contribution in [3.8, 4) is 5.75 Å². The van der Waals surface area contributed by atoms with Gasteiger partial charge in [-0.1, -0.05) is 31.1 Å². The average Bonchev–Trinajstić information content (AvgIpc) is 2.45. The number of rotatable bonds is 8. The van der Waals surface area contributed by atoms with Crippen LogP contribution in [0.5, 0.6) is 5.75 Å². The lowest BCUT2D eigenvalue weighted by Crippen LogP contribution is -2.27. The monoisotopic (exact) mass is 264 g/mol. The minimum absolute atomic E-state index is 0.663. The van der Waals surface area contributed by atoms with Gasteiger partial charge in [-0.2, -0.15) is 0 Å². The maximum atomic E-state index is 8.62. The molecule has 0 radical (unpaired) electrons. The molecule has 1 aromatic carbocycles. The van der Waals surface area contributed by atoms with E-state index in [1.165, 1.54) is 0 Å². The minimum atomic E-state index is 0.663. The summed E-state index contributed by atoms with van der Waals surface area (Å²) in [7, 11) is 0. The molecule has 0 fully saturated rings. The van der Waals surface area contributed by atoms with Crippen molar-refractivity contribution >= 4 is 5.71 Å². The van der Waals surface area contributed by atoms with Gasteiger partial charge in [-0.05, 0) is 37.7 Å². The van der Waals surface area contributed by atoms with Crippen LogP contribution < -0.4 is 4.74 Å². The highest BCUT2D eigenvalue weighted by atomic mass is 16.5. The zero-order valence-electron chi connectivity index (χ0n) is 12.1. The van der Waals surface area contributed by atoms with Crippen LogP contribution in [0.4, 0.5) is 0 Å². The summed E-state index contributed by atoms with van der Waals surface area (Å²) in [5.41, 5.74) is 1.82. The third kappa shape index (κ3) is 5.75. The van der Waals surface area contributed by atoms with E-state index in [1.54, 1.807) is 6.92 Å². The third-order valence-electron chi connectivity index (χ3n) is 3.12. The summed E-state index contributed by atoms with van der Waals surface area (Å²) < 4.78 is 5.71. The highest BCUT2D eigenvalue weighted by Gasteiger charge is 2.01. The van der Waals surface area contributed by atoms with Gasteiger partial charge >= 0.3 is 0 Å². The van der Waals surface area contributed by atoms with Gasteiger partial charge < -0.3 is 14.8 Å². The molecular formula is C15H24N2O2. The highest BCUT2D eigenvalue weighted by Crippen LogP contribution is 2.13. The quantitative estimate of drug-likeness (QED) is 0.446. The molecule has 0 bridgehead atoms. The Morgan fingerprint density at radius 1 is 1.21 bits per heavy atom. The van der Waals surface area contributed by atoms with Gasteiger partial charge in [0.15, 0.2) is 0 Å². The fourth-order valence-electron chi connectivity index (χ4n) is 1.87. The Balaban J connectivity index is 2.40. The maximum Gasteiger partial charge on any atom is 0.119 e. The molecule has 0 atom stereocenters. The lowest BCUT2D eigenvalue weighted by molar-refractivity contribution is 0.223. The second-order valence-electron chi connectivity index (χ2n) is 4.53. The molecule has 106 valence electrons. The summed E-state index contributed by atoms with van der Waals surface area (Å²) in [4.78, 5) is 2.33. The van der Waals surface area contributed by atoms with Crippen LogP contribution in [0.25, 0.3) is 0 Å². The maximum absolute atomic E-state index is 8.62. The van der Waals surface area contributed by atoms with E-state index in [4.69, 9.17) is 9.94 Å². The first-order chi connectivity index (χ1) is 9.19. The van der Waals surface area contributed by atoms with Crippen molar-refractivity contribution in [2.24, 2.45) is 5.16 Å². The second kappa shape index (κ2) is 8.53. The number of likely N-dealkylation sites (N-methyl/N-ethyl adjacent to an activating group) is 1. The van der Waals surface area contributed by atoms with Crippen LogP contribution in [0.3, 0.4) is 0 Å². The van der Waals surface area contributed by atoms with E-state index in [-0.39, 0.29) is 0 Å². The van der Waals surface area contributed by atoms with Gasteiger partial charge in [0.2, 0.25) is 0 Å². The van der Waals surface area contributed by atoms with Crippen LogP contribution in [0.2, 0.25) is 0 Å². The molecule has 0 spiro atoms. The van der Waals surface area contributed by atoms with Crippen LogP contribution in [0.15, 0.2) is 29.4 Å². The predicted molar refractivity (Wildman–Crippen MR) is 78.3 cm³/mol. The Labute approximate surface area is 115 Å². The highest BCUT2D eigenvalue weighted by molar-refractivity contribution is 5.83. The van der Waals surface area contributed by atoms with Crippen LogP contribution in [-0.4, -0.2) is 42.1 Å². The molecule has 1 aromatic rings. The Bertz CT molecular complexity index is 384. The van der Waals surface area contributed by atoms with E-state index < -0.39 is 0 Å². The molecule has 0 aliphatic heterocycles. The Hall–Kier alpha value is -1.55. The molecule has 0 aromatic heterocycles. The summed E-state index contributed by atoms with van der Waals surface area (Å²) in [6.07, 6.45) is 0.663. The molecule has 1 N–H and O–H groups in total. The number of oxime groups is 1. The molecule has 0 heterocycles. The molecule has 0 saturated heterocycles. The van der Waals surface area contributed by atoms with E-state index in [2.05, 4.69) is 23.9 Å². The van der Waals surface area contributed by atoms with Gasteiger partial charge in [0.25, 0.3) is 0 Å². The van der Waals surface area contributed by atoms with E-state index in [1.807, 2.05) is 24.3 Å². The van der Waals surface area contributed by atoms with Crippen LogP contribution in [-0.2, 0) is 6.42 Å². The standard InChI is InChI=1S/C15H24N2O2/c1-4-17(5-2)10-11-19-15-8-6-14(7-9-15)12-13(3)16-18/h6-9,18H,4-5,10-12H2,1-3H3/b16-13+. The number of benzene rings is 1. The van der Waals surface area contributed by atoms with E-state index >= 15 is 0 Å². The third-order valence-corrected chi connectivity index (χ3v) is 3.12. The Kier molecular flexibility index (Phi) is 6.97. The van der Waals surface area contributed by atoms with Gasteiger partial charge in [-0.25, -0.2) is 0 Å². The first-order valence-electron chi connectivity index (χ1n) is 6.81. The zero-order chi connectivity index (χ0) is 14.1. The minimum Gasteiger partial charge on any atom is -0.492 e. The van der Waals surface area contributed by atoms with Crippen molar-refractivity contribution in [2.75, 3.05) is 26.2 Å². The molecule has 0 aliphatic rings. The summed E-state index contributed by atoms with van der Waals surface area (Å²) in [6.45, 7) is 9.88. The zero-order valence-corrected chi connectivity index (χ0v) is 12.1. The molecule has 19 heavy (non-hydrogen) atoms. The summed E-state index contributed by atoms with van der Waals surface area (Å²) in [5.74, 6) is 0.884. The van der Waals surface area contributed by atoms with Crippen molar-refractivity contribution in [2.45, 2.75) is 27.2 Å².